The number of hydrogen-bond acceptors (Lipinski definition) is 1. The lowest BCUT2D eigenvalue weighted by Crippen LogP contribution is -2.28. The molecule has 0 atom stereocenters. The van der Waals surface area contributed by atoms with E-state index in [4.69, 9.17) is 0 Å². The minimum atomic E-state index is -0.462. The van der Waals surface area contributed by atoms with Gasteiger partial charge >= 0.3 is 0 Å². The summed E-state index contributed by atoms with van der Waals surface area (Å²) >= 11 is 0. The highest BCUT2D eigenvalue weighted by Gasteiger charge is 2.46. The van der Waals surface area contributed by atoms with Gasteiger partial charge in [0.15, 0.2) is 0 Å². The predicted molar refractivity (Wildman–Crippen MR) is 305 cm³/mol. The first kappa shape index (κ1) is 41.7. The molecule has 13 aromatic rings. The third-order valence-electron chi connectivity index (χ3n) is 15.3. The van der Waals surface area contributed by atoms with E-state index in [-0.39, 0.29) is 0 Å². The fraction of sp³-hybridized carbons (Fsp3) is 0.0141. The van der Waals surface area contributed by atoms with Crippen molar-refractivity contribution in [3.05, 3.63) is 307 Å². The minimum Gasteiger partial charge on any atom is -0.310 e. The quantitative estimate of drug-likeness (QED) is 0.137. The number of nitrogens with zero attached hydrogens (tertiary/aromatic N) is 1. The molecule has 0 heterocycles. The Morgan fingerprint density at radius 2 is 0.667 bits per heavy atom. The Morgan fingerprint density at radius 1 is 0.222 bits per heavy atom. The summed E-state index contributed by atoms with van der Waals surface area (Å²) in [5.74, 6) is 0. The molecule has 0 saturated carbocycles. The van der Waals surface area contributed by atoms with Crippen LogP contribution in [0.15, 0.2) is 285 Å². The van der Waals surface area contributed by atoms with Crippen molar-refractivity contribution < 1.29 is 0 Å². The monoisotopic (exact) mass is 913 g/mol. The normalized spacial score (nSPS) is 12.6. The van der Waals surface area contributed by atoms with Crippen LogP contribution in [0.5, 0.6) is 0 Å². The van der Waals surface area contributed by atoms with Gasteiger partial charge in [-0.15, -0.1) is 0 Å². The first-order valence-corrected chi connectivity index (χ1v) is 25.0. The van der Waals surface area contributed by atoms with E-state index >= 15 is 0 Å². The van der Waals surface area contributed by atoms with Crippen LogP contribution >= 0.6 is 0 Å². The van der Waals surface area contributed by atoms with E-state index < -0.39 is 5.41 Å². The Balaban J connectivity index is 0.896. The Labute approximate surface area is 420 Å². The molecule has 0 amide bonds. The first-order valence-electron chi connectivity index (χ1n) is 25.0. The Hall–Kier alpha value is -9.30. The van der Waals surface area contributed by atoms with E-state index in [2.05, 4.69) is 290 Å². The van der Waals surface area contributed by atoms with E-state index in [0.29, 0.717) is 0 Å². The number of hydrogen-bond donors (Lipinski definition) is 0. The molecular weight excluding hydrogens is 867 g/mol. The number of anilines is 3. The van der Waals surface area contributed by atoms with Crippen molar-refractivity contribution in [2.45, 2.75) is 5.41 Å². The van der Waals surface area contributed by atoms with Crippen molar-refractivity contribution in [1.82, 2.24) is 0 Å². The summed E-state index contributed by atoms with van der Waals surface area (Å²) in [6, 6.07) is 105. The highest BCUT2D eigenvalue weighted by Crippen LogP contribution is 2.57. The molecule has 0 N–H and O–H groups in total. The van der Waals surface area contributed by atoms with Crippen LogP contribution in [0.25, 0.3) is 87.6 Å². The van der Waals surface area contributed by atoms with Crippen molar-refractivity contribution >= 4 is 60.2 Å². The van der Waals surface area contributed by atoms with Gasteiger partial charge in [0.2, 0.25) is 0 Å². The Bertz CT molecular complexity index is 4110. The molecule has 14 rings (SSSR count). The van der Waals surface area contributed by atoms with Gasteiger partial charge in [0.05, 0.1) is 5.41 Å². The molecule has 0 unspecified atom stereocenters. The van der Waals surface area contributed by atoms with Gasteiger partial charge in [-0.05, 0) is 158 Å². The van der Waals surface area contributed by atoms with Crippen molar-refractivity contribution in [1.29, 1.82) is 0 Å². The molecule has 1 nitrogen and oxygen atoms in total. The van der Waals surface area contributed by atoms with Crippen LogP contribution in [0.1, 0.15) is 22.3 Å². The number of benzene rings is 13. The Morgan fingerprint density at radius 3 is 1.32 bits per heavy atom. The van der Waals surface area contributed by atoms with Crippen LogP contribution in [-0.4, -0.2) is 0 Å². The van der Waals surface area contributed by atoms with Gasteiger partial charge in [-0.3, -0.25) is 0 Å². The molecule has 1 heteroatoms. The molecule has 0 fully saturated rings. The lowest BCUT2D eigenvalue weighted by Gasteiger charge is -2.34. The van der Waals surface area contributed by atoms with E-state index in [9.17, 15) is 0 Å². The second-order valence-corrected chi connectivity index (χ2v) is 19.1. The molecule has 1 aliphatic rings. The second kappa shape index (κ2) is 17.0. The zero-order chi connectivity index (χ0) is 47.6. The molecule has 13 aromatic carbocycles. The summed E-state index contributed by atoms with van der Waals surface area (Å²) in [6.45, 7) is 0. The van der Waals surface area contributed by atoms with E-state index in [1.54, 1.807) is 0 Å². The minimum absolute atomic E-state index is 0.462. The van der Waals surface area contributed by atoms with Crippen LogP contribution in [-0.2, 0) is 5.41 Å². The van der Waals surface area contributed by atoms with Crippen LogP contribution in [0, 0.1) is 0 Å². The average Bonchev–Trinajstić information content (AvgIpc) is 3.76. The van der Waals surface area contributed by atoms with Crippen molar-refractivity contribution in [3.8, 4) is 44.5 Å². The van der Waals surface area contributed by atoms with Gasteiger partial charge in [-0.25, -0.2) is 0 Å². The van der Waals surface area contributed by atoms with Gasteiger partial charge in [0.1, 0.15) is 0 Å². The molecule has 336 valence electrons. The lowest BCUT2D eigenvalue weighted by molar-refractivity contribution is 0.769. The number of fused-ring (bicyclic) bond motifs is 10. The van der Waals surface area contributed by atoms with Crippen molar-refractivity contribution in [2.75, 3.05) is 4.90 Å². The van der Waals surface area contributed by atoms with Crippen LogP contribution in [0.4, 0.5) is 17.1 Å². The molecule has 0 aromatic heterocycles. The lowest BCUT2D eigenvalue weighted by atomic mass is 9.67. The van der Waals surface area contributed by atoms with E-state index in [1.165, 1.54) is 110 Å². The molecule has 0 aliphatic heterocycles. The van der Waals surface area contributed by atoms with Crippen molar-refractivity contribution in [3.63, 3.8) is 0 Å². The van der Waals surface area contributed by atoms with E-state index in [0.717, 1.165) is 17.1 Å². The summed E-state index contributed by atoms with van der Waals surface area (Å²) in [6.07, 6.45) is 0. The standard InChI is InChI=1S/C71H47N/c1-3-21-54(22-4-1)71(55-23-5-2-6-24-55)69-32-14-13-30-66(69)67-43-37-52(46-70(67)71)49-35-40-57(41-36-49)72(58-42-44-65-63-28-10-9-26-61(63)62-27-11-12-29-64(62)68(65)47-58)56-38-33-48(34-39-56)51-19-15-20-53(45-51)60-31-16-18-50-17-7-8-25-59(50)60/h1-47H. The van der Waals surface area contributed by atoms with E-state index in [1.807, 2.05) is 0 Å². The van der Waals surface area contributed by atoms with Crippen molar-refractivity contribution in [2.24, 2.45) is 0 Å². The molecule has 0 bridgehead atoms. The molecule has 1 aliphatic carbocycles. The average molecular weight is 914 g/mol. The molecule has 0 spiro atoms. The summed E-state index contributed by atoms with van der Waals surface area (Å²) in [7, 11) is 0. The molecular formula is C71H47N. The highest BCUT2D eigenvalue weighted by molar-refractivity contribution is 6.25. The van der Waals surface area contributed by atoms with Gasteiger partial charge in [-0.2, -0.15) is 0 Å². The maximum absolute atomic E-state index is 2.45. The van der Waals surface area contributed by atoms with Gasteiger partial charge in [0, 0.05) is 17.1 Å². The first-order chi connectivity index (χ1) is 35.7. The fourth-order valence-corrected chi connectivity index (χ4v) is 12.1. The Kier molecular flexibility index (Phi) is 9.82. The fourth-order valence-electron chi connectivity index (χ4n) is 12.1. The largest absolute Gasteiger partial charge is 0.310 e. The maximum atomic E-state index is 2.45. The van der Waals surface area contributed by atoms with Crippen LogP contribution in [0.2, 0.25) is 0 Å². The summed E-state index contributed by atoms with van der Waals surface area (Å²) < 4.78 is 0. The van der Waals surface area contributed by atoms with Gasteiger partial charge < -0.3 is 4.90 Å². The van der Waals surface area contributed by atoms with Gasteiger partial charge in [0.25, 0.3) is 0 Å². The zero-order valence-electron chi connectivity index (χ0n) is 39.6. The second-order valence-electron chi connectivity index (χ2n) is 19.1. The molecule has 0 saturated heterocycles. The third kappa shape index (κ3) is 6.63. The summed E-state index contributed by atoms with van der Waals surface area (Å²) in [5.41, 5.74) is 17.7. The summed E-state index contributed by atoms with van der Waals surface area (Å²) in [4.78, 5) is 2.42. The predicted octanol–water partition coefficient (Wildman–Crippen LogP) is 19.1. The SMILES string of the molecule is c1ccc(C2(c3ccccc3)c3ccccc3-c3ccc(-c4ccc(N(c5ccc(-c6cccc(-c7cccc8ccccc78)c6)cc5)c5ccc6c7ccccc7c7ccccc7c6c5)cc4)cc32)cc1. The zero-order valence-corrected chi connectivity index (χ0v) is 39.6. The topological polar surface area (TPSA) is 3.24 Å². The smallest absolute Gasteiger partial charge is 0.0713 e. The number of rotatable bonds is 8. The van der Waals surface area contributed by atoms with Crippen LogP contribution < -0.4 is 4.90 Å². The van der Waals surface area contributed by atoms with Crippen LogP contribution in [0.3, 0.4) is 0 Å². The summed E-state index contributed by atoms with van der Waals surface area (Å²) in [5, 5.41) is 10.1. The van der Waals surface area contributed by atoms with Gasteiger partial charge in [-0.1, -0.05) is 237 Å². The highest BCUT2D eigenvalue weighted by atomic mass is 15.1. The molecule has 0 radical (unpaired) electrons. The maximum Gasteiger partial charge on any atom is 0.0713 e. The third-order valence-corrected chi connectivity index (χ3v) is 15.3. The molecule has 72 heavy (non-hydrogen) atoms.